The summed E-state index contributed by atoms with van der Waals surface area (Å²) in [5.74, 6) is -1.23. The number of esters is 1. The normalized spacial score (nSPS) is 23.1. The Balaban J connectivity index is 2.62. The van der Waals surface area contributed by atoms with Crippen molar-refractivity contribution in [3.63, 3.8) is 0 Å². The minimum Gasteiger partial charge on any atom is -0.468 e. The Hall–Kier alpha value is -1.43. The van der Waals surface area contributed by atoms with Crippen molar-refractivity contribution in [1.82, 2.24) is 10.2 Å². The van der Waals surface area contributed by atoms with Crippen LogP contribution in [0.3, 0.4) is 0 Å². The van der Waals surface area contributed by atoms with E-state index in [1.54, 1.807) is 6.92 Å². The van der Waals surface area contributed by atoms with Crippen molar-refractivity contribution in [1.29, 1.82) is 0 Å². The molecule has 1 atom stereocenters. The maximum Gasteiger partial charge on any atom is 0.319 e. The number of imide groups is 1. The first-order valence-corrected chi connectivity index (χ1v) is 4.19. The molecule has 0 spiro atoms. The molecule has 2 amide bonds. The highest BCUT2D eigenvalue weighted by Gasteiger charge is 2.31. The van der Waals surface area contributed by atoms with E-state index < -0.39 is 17.9 Å². The molecule has 6 nitrogen and oxygen atoms in total. The molecule has 0 saturated carbocycles. The summed E-state index contributed by atoms with van der Waals surface area (Å²) in [5.41, 5.74) is 0. The molecule has 1 N–H and O–H groups in total. The van der Waals surface area contributed by atoms with Crippen molar-refractivity contribution in [2.45, 2.75) is 13.0 Å². The summed E-state index contributed by atoms with van der Waals surface area (Å²) in [4.78, 5) is 34.5. The lowest BCUT2D eigenvalue weighted by Crippen LogP contribution is -2.57. The van der Waals surface area contributed by atoms with Crippen LogP contribution < -0.4 is 5.32 Å². The molecule has 1 saturated heterocycles. The third-order valence-corrected chi connectivity index (χ3v) is 2.10. The predicted molar refractivity (Wildman–Crippen MR) is 46.2 cm³/mol. The number of piperazine rings is 1. The fraction of sp³-hybridized carbons (Fsp3) is 0.625. The van der Waals surface area contributed by atoms with Gasteiger partial charge in [0.1, 0.15) is 0 Å². The maximum atomic E-state index is 11.2. The lowest BCUT2D eigenvalue weighted by Gasteiger charge is -2.30. The SMILES string of the molecule is COC(=O)CN1CC(=O)NC(=O)C1C. The van der Waals surface area contributed by atoms with E-state index in [9.17, 15) is 14.4 Å². The fourth-order valence-electron chi connectivity index (χ4n) is 1.19. The van der Waals surface area contributed by atoms with Gasteiger partial charge in [-0.2, -0.15) is 0 Å². The number of nitrogens with zero attached hydrogens (tertiary/aromatic N) is 1. The van der Waals surface area contributed by atoms with E-state index in [-0.39, 0.29) is 19.0 Å². The number of nitrogens with one attached hydrogen (secondary N) is 1. The van der Waals surface area contributed by atoms with E-state index in [4.69, 9.17) is 0 Å². The molecule has 0 aromatic carbocycles. The topological polar surface area (TPSA) is 75.7 Å². The summed E-state index contributed by atoms with van der Waals surface area (Å²) in [6.45, 7) is 1.63. The van der Waals surface area contributed by atoms with E-state index >= 15 is 0 Å². The number of carbonyl (C=O) groups is 3. The van der Waals surface area contributed by atoms with Gasteiger partial charge in [-0.1, -0.05) is 0 Å². The number of methoxy groups -OCH3 is 1. The monoisotopic (exact) mass is 200 g/mol. The molecule has 0 bridgehead atoms. The van der Waals surface area contributed by atoms with Gasteiger partial charge in [0, 0.05) is 0 Å². The summed E-state index contributed by atoms with van der Waals surface area (Å²) >= 11 is 0. The van der Waals surface area contributed by atoms with Gasteiger partial charge in [0.2, 0.25) is 11.8 Å². The number of hydrogen-bond acceptors (Lipinski definition) is 5. The van der Waals surface area contributed by atoms with Crippen LogP contribution in [-0.2, 0) is 19.1 Å². The zero-order valence-corrected chi connectivity index (χ0v) is 8.07. The number of rotatable bonds is 2. The van der Waals surface area contributed by atoms with Crippen LogP contribution in [0.2, 0.25) is 0 Å². The summed E-state index contributed by atoms with van der Waals surface area (Å²) in [5, 5.41) is 2.18. The van der Waals surface area contributed by atoms with Gasteiger partial charge in [-0.3, -0.25) is 24.6 Å². The van der Waals surface area contributed by atoms with Gasteiger partial charge in [-0.15, -0.1) is 0 Å². The van der Waals surface area contributed by atoms with Crippen LogP contribution in [0.5, 0.6) is 0 Å². The average molecular weight is 200 g/mol. The first-order valence-electron chi connectivity index (χ1n) is 4.19. The van der Waals surface area contributed by atoms with Gasteiger partial charge in [0.25, 0.3) is 0 Å². The molecule has 0 aromatic heterocycles. The minimum absolute atomic E-state index is 0.0437. The van der Waals surface area contributed by atoms with Crippen LogP contribution in [0.25, 0.3) is 0 Å². The highest BCUT2D eigenvalue weighted by Crippen LogP contribution is 2.03. The predicted octanol–water partition coefficient (Wildman–Crippen LogP) is -1.49. The molecule has 0 radical (unpaired) electrons. The van der Waals surface area contributed by atoms with Crippen molar-refractivity contribution in [3.05, 3.63) is 0 Å². The Kier molecular flexibility index (Phi) is 3.19. The molecule has 1 aliphatic rings. The molecule has 1 heterocycles. The van der Waals surface area contributed by atoms with Crippen molar-refractivity contribution < 1.29 is 19.1 Å². The smallest absolute Gasteiger partial charge is 0.319 e. The molecule has 78 valence electrons. The molecule has 6 heteroatoms. The molecule has 1 unspecified atom stereocenters. The standard InChI is InChI=1S/C8H12N2O4/c1-5-8(13)9-6(11)3-10(5)4-7(12)14-2/h5H,3-4H2,1-2H3,(H,9,11,13). The Bertz CT molecular complexity index is 277. The van der Waals surface area contributed by atoms with Gasteiger partial charge < -0.3 is 4.74 Å². The largest absolute Gasteiger partial charge is 0.468 e. The zero-order valence-electron chi connectivity index (χ0n) is 8.07. The summed E-state index contributed by atoms with van der Waals surface area (Å²) in [6.07, 6.45) is 0. The average Bonchev–Trinajstić information content (AvgIpc) is 2.13. The number of ether oxygens (including phenoxy) is 1. The quantitative estimate of drug-likeness (QED) is 0.434. The third kappa shape index (κ3) is 2.29. The lowest BCUT2D eigenvalue weighted by molar-refractivity contribution is -0.146. The van der Waals surface area contributed by atoms with Gasteiger partial charge in [-0.05, 0) is 6.92 Å². The molecule has 1 rings (SSSR count). The van der Waals surface area contributed by atoms with E-state index in [0.717, 1.165) is 0 Å². The first-order chi connectivity index (χ1) is 6.54. The molecule has 0 aliphatic carbocycles. The highest BCUT2D eigenvalue weighted by atomic mass is 16.5. The Morgan fingerprint density at radius 2 is 2.29 bits per heavy atom. The maximum absolute atomic E-state index is 11.2. The molecule has 1 fully saturated rings. The summed E-state index contributed by atoms with van der Waals surface area (Å²) < 4.78 is 4.45. The molecular weight excluding hydrogens is 188 g/mol. The lowest BCUT2D eigenvalue weighted by atomic mass is 10.2. The first kappa shape index (κ1) is 10.6. The van der Waals surface area contributed by atoms with Crippen LogP contribution in [0.1, 0.15) is 6.92 Å². The van der Waals surface area contributed by atoms with Crippen molar-refractivity contribution in [2.24, 2.45) is 0 Å². The van der Waals surface area contributed by atoms with Crippen LogP contribution in [-0.4, -0.2) is 48.9 Å². The minimum atomic E-state index is -0.480. The fourth-order valence-corrected chi connectivity index (χ4v) is 1.19. The van der Waals surface area contributed by atoms with Gasteiger partial charge in [-0.25, -0.2) is 0 Å². The van der Waals surface area contributed by atoms with Crippen LogP contribution >= 0.6 is 0 Å². The second kappa shape index (κ2) is 4.19. The second-order valence-electron chi connectivity index (χ2n) is 3.07. The van der Waals surface area contributed by atoms with Crippen LogP contribution in [0, 0.1) is 0 Å². The van der Waals surface area contributed by atoms with Crippen molar-refractivity contribution in [3.8, 4) is 0 Å². The Labute approximate surface area is 81.2 Å². The number of amides is 2. The Morgan fingerprint density at radius 1 is 1.64 bits per heavy atom. The van der Waals surface area contributed by atoms with E-state index in [1.165, 1.54) is 12.0 Å². The summed E-state index contributed by atoms with van der Waals surface area (Å²) in [7, 11) is 1.26. The molecule has 0 aromatic rings. The zero-order chi connectivity index (χ0) is 10.7. The van der Waals surface area contributed by atoms with E-state index in [0.29, 0.717) is 0 Å². The molecule has 14 heavy (non-hydrogen) atoms. The summed E-state index contributed by atoms with van der Waals surface area (Å²) in [6, 6.07) is -0.480. The molecular formula is C8H12N2O4. The van der Waals surface area contributed by atoms with Crippen molar-refractivity contribution >= 4 is 17.8 Å². The van der Waals surface area contributed by atoms with Gasteiger partial charge in [0.15, 0.2) is 0 Å². The number of carbonyl (C=O) groups excluding carboxylic acids is 3. The third-order valence-electron chi connectivity index (χ3n) is 2.10. The van der Waals surface area contributed by atoms with E-state index in [2.05, 4.69) is 10.1 Å². The number of hydrogen-bond donors (Lipinski definition) is 1. The van der Waals surface area contributed by atoms with Gasteiger partial charge in [0.05, 0.1) is 26.2 Å². The van der Waals surface area contributed by atoms with Crippen LogP contribution in [0.4, 0.5) is 0 Å². The van der Waals surface area contributed by atoms with E-state index in [1.807, 2.05) is 0 Å². The highest BCUT2D eigenvalue weighted by molar-refractivity contribution is 6.01. The Morgan fingerprint density at radius 3 is 2.86 bits per heavy atom. The van der Waals surface area contributed by atoms with Gasteiger partial charge >= 0.3 is 5.97 Å². The second-order valence-corrected chi connectivity index (χ2v) is 3.07. The van der Waals surface area contributed by atoms with Crippen molar-refractivity contribution in [2.75, 3.05) is 20.2 Å². The molecule has 1 aliphatic heterocycles. The van der Waals surface area contributed by atoms with Crippen LogP contribution in [0.15, 0.2) is 0 Å².